The second-order valence-electron chi connectivity index (χ2n) is 4.11. The lowest BCUT2D eigenvalue weighted by molar-refractivity contribution is -0.384. The molecule has 0 heterocycles. The number of nitro groups is 1. The molecule has 6 heteroatoms. The van der Waals surface area contributed by atoms with Crippen molar-refractivity contribution in [3.8, 4) is 0 Å². The van der Waals surface area contributed by atoms with Crippen LogP contribution in [0.2, 0.25) is 0 Å². The average Bonchev–Trinajstić information content (AvgIpc) is 2.42. The van der Waals surface area contributed by atoms with Gasteiger partial charge in [-0.25, -0.2) is 4.79 Å². The molecule has 0 amide bonds. The molecular weight excluding hydrogens is 248 g/mol. The summed E-state index contributed by atoms with van der Waals surface area (Å²) >= 11 is 0. The minimum absolute atomic E-state index is 0.125. The lowest BCUT2D eigenvalue weighted by atomic mass is 10.1. The van der Waals surface area contributed by atoms with Crippen molar-refractivity contribution in [1.82, 2.24) is 0 Å². The second kappa shape index (κ2) is 7.35. The lowest BCUT2D eigenvalue weighted by Crippen LogP contribution is -2.10. The Labute approximate surface area is 111 Å². The average molecular weight is 266 g/mol. The topological polar surface area (TPSA) is 81.5 Å². The van der Waals surface area contributed by atoms with Crippen LogP contribution in [0.4, 0.5) is 11.4 Å². The molecule has 0 saturated heterocycles. The largest absolute Gasteiger partial charge is 0.465 e. The number of carbonyl (C=O) groups is 1. The van der Waals surface area contributed by atoms with E-state index < -0.39 is 10.9 Å². The molecule has 0 bridgehead atoms. The number of nitrogens with zero attached hydrogens (tertiary/aromatic N) is 1. The highest BCUT2D eigenvalue weighted by Gasteiger charge is 2.16. The third kappa shape index (κ3) is 4.24. The fraction of sp³-hybridized carbons (Fsp3) is 0.462. The molecule has 0 radical (unpaired) electrons. The summed E-state index contributed by atoms with van der Waals surface area (Å²) in [6.45, 7) is 2.82. The van der Waals surface area contributed by atoms with Crippen LogP contribution in [-0.2, 0) is 4.74 Å². The van der Waals surface area contributed by atoms with E-state index in [-0.39, 0.29) is 11.3 Å². The van der Waals surface area contributed by atoms with Gasteiger partial charge in [-0.05, 0) is 12.5 Å². The fourth-order valence-electron chi connectivity index (χ4n) is 1.68. The quantitative estimate of drug-likeness (QED) is 0.355. The van der Waals surface area contributed by atoms with Crippen molar-refractivity contribution in [1.29, 1.82) is 0 Å². The van der Waals surface area contributed by atoms with Crippen molar-refractivity contribution in [2.45, 2.75) is 26.2 Å². The molecule has 1 aromatic carbocycles. The van der Waals surface area contributed by atoms with Crippen LogP contribution >= 0.6 is 0 Å². The van der Waals surface area contributed by atoms with Gasteiger partial charge >= 0.3 is 5.97 Å². The number of carbonyl (C=O) groups excluding carboxylic acids is 1. The first kappa shape index (κ1) is 14.9. The van der Waals surface area contributed by atoms with Gasteiger partial charge in [0.05, 0.1) is 17.6 Å². The minimum atomic E-state index is -0.582. The van der Waals surface area contributed by atoms with Gasteiger partial charge in [-0.3, -0.25) is 10.1 Å². The monoisotopic (exact) mass is 266 g/mol. The highest BCUT2D eigenvalue weighted by molar-refractivity contribution is 5.96. The van der Waals surface area contributed by atoms with Gasteiger partial charge in [0.2, 0.25) is 0 Å². The van der Waals surface area contributed by atoms with Crippen molar-refractivity contribution in [3.05, 3.63) is 33.9 Å². The van der Waals surface area contributed by atoms with E-state index in [1.54, 1.807) is 0 Å². The van der Waals surface area contributed by atoms with Crippen molar-refractivity contribution < 1.29 is 14.5 Å². The molecule has 0 fully saturated rings. The number of hydrogen-bond donors (Lipinski definition) is 1. The van der Waals surface area contributed by atoms with Crippen LogP contribution in [0.5, 0.6) is 0 Å². The summed E-state index contributed by atoms with van der Waals surface area (Å²) < 4.78 is 4.64. The fourth-order valence-corrected chi connectivity index (χ4v) is 1.68. The van der Waals surface area contributed by atoms with E-state index in [2.05, 4.69) is 17.0 Å². The van der Waals surface area contributed by atoms with E-state index in [1.165, 1.54) is 25.3 Å². The Balaban J connectivity index is 2.89. The van der Waals surface area contributed by atoms with Gasteiger partial charge < -0.3 is 10.1 Å². The summed E-state index contributed by atoms with van der Waals surface area (Å²) in [6, 6.07) is 4.14. The molecule has 0 aromatic heterocycles. The zero-order chi connectivity index (χ0) is 14.3. The van der Waals surface area contributed by atoms with E-state index in [4.69, 9.17) is 0 Å². The van der Waals surface area contributed by atoms with Gasteiger partial charge in [0, 0.05) is 24.4 Å². The first-order chi connectivity index (χ1) is 9.10. The van der Waals surface area contributed by atoms with E-state index in [1.807, 2.05) is 0 Å². The van der Waals surface area contributed by atoms with Crippen molar-refractivity contribution in [2.75, 3.05) is 19.0 Å². The Hall–Kier alpha value is -2.11. The molecule has 0 atom stereocenters. The number of nitro benzene ring substituents is 1. The number of benzene rings is 1. The molecule has 0 aliphatic carbocycles. The normalized spacial score (nSPS) is 10.0. The van der Waals surface area contributed by atoms with Gasteiger partial charge in [0.25, 0.3) is 5.69 Å². The van der Waals surface area contributed by atoms with Crippen LogP contribution in [-0.4, -0.2) is 24.5 Å². The summed E-state index contributed by atoms with van der Waals surface area (Å²) in [5, 5.41) is 13.8. The predicted molar refractivity (Wildman–Crippen MR) is 72.5 cm³/mol. The Morgan fingerprint density at radius 3 is 2.74 bits per heavy atom. The molecule has 1 aromatic rings. The maximum Gasteiger partial charge on any atom is 0.340 e. The molecule has 0 aliphatic heterocycles. The Morgan fingerprint density at radius 2 is 2.16 bits per heavy atom. The van der Waals surface area contributed by atoms with Crippen LogP contribution < -0.4 is 5.32 Å². The Kier molecular flexibility index (Phi) is 5.78. The number of hydrogen-bond acceptors (Lipinski definition) is 5. The summed E-state index contributed by atoms with van der Waals surface area (Å²) in [5.41, 5.74) is 0.626. The molecular formula is C13H18N2O4. The zero-order valence-electron chi connectivity index (χ0n) is 11.1. The molecule has 0 unspecified atom stereocenters. The van der Waals surface area contributed by atoms with E-state index in [0.717, 1.165) is 25.8 Å². The molecule has 104 valence electrons. The first-order valence-electron chi connectivity index (χ1n) is 6.20. The number of nitrogens with one attached hydrogen (secondary N) is 1. The predicted octanol–water partition coefficient (Wildman–Crippen LogP) is 2.98. The van der Waals surface area contributed by atoms with Crippen LogP contribution in [0, 0.1) is 10.1 Å². The molecule has 19 heavy (non-hydrogen) atoms. The molecule has 1 rings (SSSR count). The van der Waals surface area contributed by atoms with E-state index in [0.29, 0.717) is 5.69 Å². The molecule has 0 aliphatic rings. The van der Waals surface area contributed by atoms with Gasteiger partial charge in [0.1, 0.15) is 0 Å². The molecule has 1 N–H and O–H groups in total. The summed E-state index contributed by atoms with van der Waals surface area (Å²) in [5.74, 6) is -0.582. The Bertz CT molecular complexity index is 460. The maximum atomic E-state index is 11.6. The van der Waals surface area contributed by atoms with Gasteiger partial charge in [-0.15, -0.1) is 0 Å². The van der Waals surface area contributed by atoms with Crippen molar-refractivity contribution in [3.63, 3.8) is 0 Å². The summed E-state index contributed by atoms with van der Waals surface area (Å²) in [4.78, 5) is 21.8. The minimum Gasteiger partial charge on any atom is -0.465 e. The van der Waals surface area contributed by atoms with Crippen LogP contribution in [0.25, 0.3) is 0 Å². The number of anilines is 1. The van der Waals surface area contributed by atoms with Crippen LogP contribution in [0.15, 0.2) is 18.2 Å². The number of rotatable bonds is 7. The number of ether oxygens (including phenoxy) is 1. The van der Waals surface area contributed by atoms with Crippen LogP contribution in [0.3, 0.4) is 0 Å². The third-order valence-corrected chi connectivity index (χ3v) is 2.72. The molecule has 0 saturated carbocycles. The highest BCUT2D eigenvalue weighted by Crippen LogP contribution is 2.23. The summed E-state index contributed by atoms with van der Waals surface area (Å²) in [7, 11) is 1.25. The molecule has 6 nitrogen and oxygen atoms in total. The van der Waals surface area contributed by atoms with Gasteiger partial charge in [0.15, 0.2) is 0 Å². The second-order valence-corrected chi connectivity index (χ2v) is 4.11. The molecule has 0 spiro atoms. The van der Waals surface area contributed by atoms with Crippen molar-refractivity contribution >= 4 is 17.3 Å². The summed E-state index contributed by atoms with van der Waals surface area (Å²) in [6.07, 6.45) is 3.17. The lowest BCUT2D eigenvalue weighted by Gasteiger charge is -2.10. The standard InChI is InChI=1S/C13H18N2O4/c1-3-4-5-8-14-12-7-6-10(15(17)18)9-11(12)13(16)19-2/h6-7,9,14H,3-5,8H2,1-2H3. The van der Waals surface area contributed by atoms with Crippen LogP contribution in [0.1, 0.15) is 36.5 Å². The maximum absolute atomic E-state index is 11.6. The van der Waals surface area contributed by atoms with Crippen molar-refractivity contribution in [2.24, 2.45) is 0 Å². The number of methoxy groups -OCH3 is 1. The van der Waals surface area contributed by atoms with Gasteiger partial charge in [-0.2, -0.15) is 0 Å². The Morgan fingerprint density at radius 1 is 1.42 bits per heavy atom. The third-order valence-electron chi connectivity index (χ3n) is 2.72. The smallest absolute Gasteiger partial charge is 0.340 e. The van der Waals surface area contributed by atoms with Gasteiger partial charge in [-0.1, -0.05) is 19.8 Å². The van der Waals surface area contributed by atoms with E-state index >= 15 is 0 Å². The number of non-ortho nitro benzene ring substituents is 1. The SMILES string of the molecule is CCCCCNc1ccc([N+](=O)[O-])cc1C(=O)OC. The number of unbranched alkanes of at least 4 members (excludes halogenated alkanes) is 2. The van der Waals surface area contributed by atoms with E-state index in [9.17, 15) is 14.9 Å². The highest BCUT2D eigenvalue weighted by atomic mass is 16.6. The first-order valence-corrected chi connectivity index (χ1v) is 6.20. The number of esters is 1. The zero-order valence-corrected chi connectivity index (χ0v) is 11.1.